The number of furan rings is 1. The molecule has 0 aliphatic heterocycles. The van der Waals surface area contributed by atoms with Gasteiger partial charge in [0.1, 0.15) is 5.76 Å². The summed E-state index contributed by atoms with van der Waals surface area (Å²) < 4.78 is 7.84. The third kappa shape index (κ3) is 3.53. The highest BCUT2D eigenvalue weighted by Gasteiger charge is 2.18. The van der Waals surface area contributed by atoms with Crippen LogP contribution in [0.1, 0.15) is 25.1 Å². The molecule has 138 valence electrons. The number of benzene rings is 2. The first kappa shape index (κ1) is 17.6. The molecule has 0 fully saturated rings. The van der Waals surface area contributed by atoms with E-state index < -0.39 is 0 Å². The predicted molar refractivity (Wildman–Crippen MR) is 110 cm³/mol. The van der Waals surface area contributed by atoms with Gasteiger partial charge in [-0.15, -0.1) is 0 Å². The fourth-order valence-electron chi connectivity index (χ4n) is 3.59. The first-order valence-electron chi connectivity index (χ1n) is 9.58. The highest BCUT2D eigenvalue weighted by atomic mass is 16.3. The number of hydrogen-bond donors (Lipinski definition) is 0. The molecule has 2 aromatic heterocycles. The maximum absolute atomic E-state index is 5.72. The Morgan fingerprint density at radius 2 is 1.74 bits per heavy atom. The second kappa shape index (κ2) is 7.80. The molecule has 4 aromatic rings. The highest BCUT2D eigenvalue weighted by Crippen LogP contribution is 2.32. The van der Waals surface area contributed by atoms with E-state index in [1.165, 1.54) is 10.9 Å². The quantitative estimate of drug-likeness (QED) is 0.455. The van der Waals surface area contributed by atoms with E-state index in [-0.39, 0.29) is 0 Å². The average Bonchev–Trinajstić information content (AvgIpc) is 3.36. The van der Waals surface area contributed by atoms with E-state index in [2.05, 4.69) is 65.9 Å². The van der Waals surface area contributed by atoms with Crippen LogP contribution in [-0.4, -0.2) is 27.8 Å². The van der Waals surface area contributed by atoms with Gasteiger partial charge in [-0.05, 0) is 36.9 Å². The van der Waals surface area contributed by atoms with Crippen molar-refractivity contribution in [1.29, 1.82) is 0 Å². The van der Waals surface area contributed by atoms with Crippen LogP contribution in [0.5, 0.6) is 0 Å². The number of aromatic nitrogens is 2. The van der Waals surface area contributed by atoms with Crippen molar-refractivity contribution in [3.63, 3.8) is 0 Å². The molecule has 0 saturated heterocycles. The van der Waals surface area contributed by atoms with E-state index >= 15 is 0 Å². The fraction of sp³-hybridized carbons (Fsp3) is 0.261. The largest absolute Gasteiger partial charge is 0.464 e. The van der Waals surface area contributed by atoms with Crippen molar-refractivity contribution in [2.45, 2.75) is 26.9 Å². The molecular formula is C23H25N3O. The minimum atomic E-state index is 0.761. The van der Waals surface area contributed by atoms with E-state index in [1.807, 2.05) is 18.2 Å². The van der Waals surface area contributed by atoms with Crippen molar-refractivity contribution in [2.75, 3.05) is 13.1 Å². The Kier molecular flexibility index (Phi) is 5.07. The summed E-state index contributed by atoms with van der Waals surface area (Å²) in [5, 5.41) is 6.21. The Labute approximate surface area is 160 Å². The SMILES string of the molecule is CCN(CC)Cc1nn(Cc2ccccc2)c2cccc(-c3ccco3)c12. The van der Waals surface area contributed by atoms with Gasteiger partial charge in [0.25, 0.3) is 0 Å². The fourth-order valence-corrected chi connectivity index (χ4v) is 3.59. The monoisotopic (exact) mass is 359 g/mol. The number of fused-ring (bicyclic) bond motifs is 1. The van der Waals surface area contributed by atoms with Crippen LogP contribution in [0, 0.1) is 0 Å². The van der Waals surface area contributed by atoms with Crippen LogP contribution >= 0.6 is 0 Å². The molecular weight excluding hydrogens is 334 g/mol. The Morgan fingerprint density at radius 1 is 0.926 bits per heavy atom. The van der Waals surface area contributed by atoms with E-state index in [0.717, 1.165) is 48.7 Å². The average molecular weight is 359 g/mol. The molecule has 0 bridgehead atoms. The van der Waals surface area contributed by atoms with Gasteiger partial charge in [-0.3, -0.25) is 9.58 Å². The summed E-state index contributed by atoms with van der Waals surface area (Å²) >= 11 is 0. The molecule has 0 N–H and O–H groups in total. The zero-order valence-corrected chi connectivity index (χ0v) is 15.9. The molecule has 2 heterocycles. The molecule has 0 aliphatic rings. The lowest BCUT2D eigenvalue weighted by atomic mass is 10.0. The first-order chi connectivity index (χ1) is 13.3. The van der Waals surface area contributed by atoms with Gasteiger partial charge in [-0.2, -0.15) is 5.10 Å². The molecule has 0 unspecified atom stereocenters. The third-order valence-electron chi connectivity index (χ3n) is 5.08. The van der Waals surface area contributed by atoms with Crippen molar-refractivity contribution in [3.05, 3.63) is 78.2 Å². The summed E-state index contributed by atoms with van der Waals surface area (Å²) in [7, 11) is 0. The van der Waals surface area contributed by atoms with E-state index in [9.17, 15) is 0 Å². The molecule has 0 aliphatic carbocycles. The lowest BCUT2D eigenvalue weighted by molar-refractivity contribution is 0.292. The van der Waals surface area contributed by atoms with Crippen LogP contribution in [0.3, 0.4) is 0 Å². The molecule has 4 nitrogen and oxygen atoms in total. The molecule has 2 aromatic carbocycles. The molecule has 0 spiro atoms. The second-order valence-corrected chi connectivity index (χ2v) is 6.73. The molecule has 4 rings (SSSR count). The lowest BCUT2D eigenvalue weighted by Gasteiger charge is -2.16. The summed E-state index contributed by atoms with van der Waals surface area (Å²) in [4.78, 5) is 2.40. The third-order valence-corrected chi connectivity index (χ3v) is 5.08. The smallest absolute Gasteiger partial charge is 0.134 e. The molecule has 0 radical (unpaired) electrons. The number of nitrogens with zero attached hydrogens (tertiary/aromatic N) is 3. The second-order valence-electron chi connectivity index (χ2n) is 6.73. The van der Waals surface area contributed by atoms with Crippen molar-refractivity contribution < 1.29 is 4.42 Å². The van der Waals surface area contributed by atoms with Gasteiger partial charge in [-0.1, -0.05) is 56.3 Å². The Bertz CT molecular complexity index is 999. The van der Waals surface area contributed by atoms with Gasteiger partial charge in [0.05, 0.1) is 24.0 Å². The van der Waals surface area contributed by atoms with Crippen molar-refractivity contribution >= 4 is 10.9 Å². The highest BCUT2D eigenvalue weighted by molar-refractivity contribution is 5.95. The van der Waals surface area contributed by atoms with Crippen molar-refractivity contribution in [2.24, 2.45) is 0 Å². The van der Waals surface area contributed by atoms with Crippen LogP contribution in [0.25, 0.3) is 22.2 Å². The first-order valence-corrected chi connectivity index (χ1v) is 9.58. The van der Waals surface area contributed by atoms with Crippen LogP contribution in [0.15, 0.2) is 71.3 Å². The summed E-state index contributed by atoms with van der Waals surface area (Å²) in [5.74, 6) is 0.889. The summed E-state index contributed by atoms with van der Waals surface area (Å²) in [6, 6.07) is 20.8. The minimum Gasteiger partial charge on any atom is -0.464 e. The number of rotatable bonds is 7. The zero-order valence-electron chi connectivity index (χ0n) is 15.9. The standard InChI is InChI=1S/C23H25N3O/c1-3-25(4-2)17-20-23-19(22-14-9-15-27-22)12-8-13-21(23)26(24-20)16-18-10-6-5-7-11-18/h5-15H,3-4,16-17H2,1-2H3. The zero-order chi connectivity index (χ0) is 18.6. The van der Waals surface area contributed by atoms with E-state index in [0.29, 0.717) is 0 Å². The van der Waals surface area contributed by atoms with Crippen LogP contribution in [-0.2, 0) is 13.1 Å². The topological polar surface area (TPSA) is 34.2 Å². The van der Waals surface area contributed by atoms with E-state index in [1.54, 1.807) is 6.26 Å². The van der Waals surface area contributed by atoms with Gasteiger partial charge < -0.3 is 4.42 Å². The molecule has 0 amide bonds. The van der Waals surface area contributed by atoms with Crippen LogP contribution in [0.2, 0.25) is 0 Å². The van der Waals surface area contributed by atoms with Gasteiger partial charge in [0.2, 0.25) is 0 Å². The molecule has 4 heteroatoms. The summed E-state index contributed by atoms with van der Waals surface area (Å²) in [6.07, 6.45) is 1.73. The lowest BCUT2D eigenvalue weighted by Crippen LogP contribution is -2.22. The van der Waals surface area contributed by atoms with Gasteiger partial charge in [0, 0.05) is 17.5 Å². The van der Waals surface area contributed by atoms with Gasteiger partial charge in [0.15, 0.2) is 0 Å². The van der Waals surface area contributed by atoms with Crippen molar-refractivity contribution in [3.8, 4) is 11.3 Å². The maximum Gasteiger partial charge on any atom is 0.134 e. The Balaban J connectivity index is 1.86. The minimum absolute atomic E-state index is 0.761. The van der Waals surface area contributed by atoms with Crippen LogP contribution in [0.4, 0.5) is 0 Å². The predicted octanol–water partition coefficient (Wildman–Crippen LogP) is 5.19. The van der Waals surface area contributed by atoms with Crippen molar-refractivity contribution in [1.82, 2.24) is 14.7 Å². The van der Waals surface area contributed by atoms with Gasteiger partial charge in [-0.25, -0.2) is 0 Å². The summed E-state index contributed by atoms with van der Waals surface area (Å²) in [6.45, 7) is 8.00. The maximum atomic E-state index is 5.72. The molecule has 27 heavy (non-hydrogen) atoms. The van der Waals surface area contributed by atoms with Gasteiger partial charge >= 0.3 is 0 Å². The Morgan fingerprint density at radius 3 is 2.44 bits per heavy atom. The number of hydrogen-bond acceptors (Lipinski definition) is 3. The molecule has 0 saturated carbocycles. The normalized spacial score (nSPS) is 11.5. The molecule has 0 atom stereocenters. The Hall–Kier alpha value is -2.85. The summed E-state index contributed by atoms with van der Waals surface area (Å²) in [5.41, 5.74) is 4.62. The van der Waals surface area contributed by atoms with Crippen LogP contribution < -0.4 is 0 Å². The van der Waals surface area contributed by atoms with E-state index in [4.69, 9.17) is 9.52 Å².